The number of para-hydroxylation sites is 1. The smallest absolute Gasteiger partial charge is 0.410 e. The Hall–Kier alpha value is -3.61. The zero-order valence-electron chi connectivity index (χ0n) is 18.5. The summed E-state index contributed by atoms with van der Waals surface area (Å²) in [6.45, 7) is 5.74. The van der Waals surface area contributed by atoms with E-state index in [9.17, 15) is 9.59 Å². The Morgan fingerprint density at radius 1 is 1.06 bits per heavy atom. The molecule has 1 saturated carbocycles. The van der Waals surface area contributed by atoms with Crippen molar-refractivity contribution in [3.63, 3.8) is 0 Å². The molecular weight excluding hydrogens is 404 g/mol. The van der Waals surface area contributed by atoms with Crippen LogP contribution in [-0.4, -0.2) is 34.4 Å². The van der Waals surface area contributed by atoms with E-state index in [1.165, 1.54) is 0 Å². The topological polar surface area (TPSA) is 67.7 Å². The monoisotopic (exact) mass is 430 g/mol. The molecule has 3 aromatic rings. The number of benzene rings is 2. The van der Waals surface area contributed by atoms with Crippen LogP contribution < -0.4 is 14.5 Å². The summed E-state index contributed by atoms with van der Waals surface area (Å²) in [5.74, 6) is 0.475. The zero-order valence-corrected chi connectivity index (χ0v) is 18.5. The summed E-state index contributed by atoms with van der Waals surface area (Å²) in [5, 5.41) is 4.49. The minimum atomic E-state index is -0.457. The Morgan fingerprint density at radius 3 is 2.56 bits per heavy atom. The Kier molecular flexibility index (Phi) is 4.96. The molecule has 1 fully saturated rings. The van der Waals surface area contributed by atoms with Crippen LogP contribution in [0.15, 0.2) is 54.9 Å². The number of aryl methyl sites for hydroxylation is 1. The molecule has 1 atom stereocenters. The van der Waals surface area contributed by atoms with E-state index in [1.807, 2.05) is 67.3 Å². The Morgan fingerprint density at radius 2 is 1.84 bits per heavy atom. The van der Waals surface area contributed by atoms with Crippen LogP contribution in [0.3, 0.4) is 0 Å². The molecule has 32 heavy (non-hydrogen) atoms. The number of carbonyl (C=O) groups is 2. The van der Waals surface area contributed by atoms with E-state index >= 15 is 0 Å². The van der Waals surface area contributed by atoms with Gasteiger partial charge in [0.2, 0.25) is 5.91 Å². The second-order valence-corrected chi connectivity index (χ2v) is 8.63. The first-order valence-electron chi connectivity index (χ1n) is 11.0. The number of nitrogens with zero attached hydrogens (tertiary/aromatic N) is 4. The number of hydrogen-bond donors (Lipinski definition) is 0. The van der Waals surface area contributed by atoms with Gasteiger partial charge >= 0.3 is 6.09 Å². The Balaban J connectivity index is 1.53. The number of carbonyl (C=O) groups excluding carboxylic acids is 2. The van der Waals surface area contributed by atoms with Crippen LogP contribution in [0.1, 0.15) is 38.3 Å². The third kappa shape index (κ3) is 3.64. The molecule has 1 unspecified atom stereocenters. The van der Waals surface area contributed by atoms with Crippen LogP contribution in [0.4, 0.5) is 16.2 Å². The van der Waals surface area contributed by atoms with Crippen molar-refractivity contribution in [1.29, 1.82) is 0 Å². The minimum absolute atomic E-state index is 0.0556. The number of hydrogen-bond acceptors (Lipinski definition) is 4. The largest absolute Gasteiger partial charge is 0.419 e. The van der Waals surface area contributed by atoms with E-state index in [4.69, 9.17) is 4.74 Å². The molecule has 164 valence electrons. The molecule has 7 heteroatoms. The van der Waals surface area contributed by atoms with Crippen LogP contribution in [0.25, 0.3) is 11.1 Å². The standard InChI is InChI=1S/C25H26N4O3/c1-16-6-4-5-7-24(16)32-25(31)27-14-17(2)29(18(3)30)22-11-8-19(12-23(22)27)20-13-26-28(15-20)21-9-10-21/h4-8,11-13,15,17,21H,9-10,14H2,1-3H3. The number of anilines is 2. The molecule has 0 saturated heterocycles. The van der Waals surface area contributed by atoms with Crippen molar-refractivity contribution in [3.05, 3.63) is 60.4 Å². The molecule has 2 aromatic carbocycles. The van der Waals surface area contributed by atoms with Crippen LogP contribution >= 0.6 is 0 Å². The van der Waals surface area contributed by atoms with Crippen LogP contribution in [0.2, 0.25) is 0 Å². The maximum atomic E-state index is 13.2. The molecule has 2 amide bonds. The van der Waals surface area contributed by atoms with Crippen molar-refractivity contribution in [3.8, 4) is 16.9 Å². The number of ether oxygens (including phenoxy) is 1. The molecule has 0 bridgehead atoms. The molecule has 2 aliphatic rings. The molecule has 1 aliphatic carbocycles. The zero-order chi connectivity index (χ0) is 22.4. The van der Waals surface area contributed by atoms with Gasteiger partial charge in [-0.3, -0.25) is 14.4 Å². The summed E-state index contributed by atoms with van der Waals surface area (Å²) < 4.78 is 7.74. The molecule has 0 radical (unpaired) electrons. The number of fused-ring (bicyclic) bond motifs is 1. The molecule has 7 nitrogen and oxygen atoms in total. The predicted octanol–water partition coefficient (Wildman–Crippen LogP) is 4.95. The van der Waals surface area contributed by atoms with Crippen molar-refractivity contribution in [2.24, 2.45) is 0 Å². The minimum Gasteiger partial charge on any atom is -0.410 e. The second kappa shape index (κ2) is 7.82. The third-order valence-corrected chi connectivity index (χ3v) is 6.12. The second-order valence-electron chi connectivity index (χ2n) is 8.63. The van der Waals surface area contributed by atoms with Crippen molar-refractivity contribution < 1.29 is 14.3 Å². The van der Waals surface area contributed by atoms with Crippen molar-refractivity contribution in [2.75, 3.05) is 16.3 Å². The predicted molar refractivity (Wildman–Crippen MR) is 123 cm³/mol. The van der Waals surface area contributed by atoms with Gasteiger partial charge in [-0.15, -0.1) is 0 Å². The fourth-order valence-corrected chi connectivity index (χ4v) is 4.30. The first-order chi connectivity index (χ1) is 15.4. The van der Waals surface area contributed by atoms with Gasteiger partial charge < -0.3 is 9.64 Å². The van der Waals surface area contributed by atoms with E-state index in [-0.39, 0.29) is 11.9 Å². The van der Waals surface area contributed by atoms with Gasteiger partial charge in [-0.2, -0.15) is 5.10 Å². The fraction of sp³-hybridized carbons (Fsp3) is 0.320. The van der Waals surface area contributed by atoms with Gasteiger partial charge in [-0.1, -0.05) is 24.3 Å². The number of aromatic nitrogens is 2. The summed E-state index contributed by atoms with van der Waals surface area (Å²) in [6.07, 6.45) is 5.76. The van der Waals surface area contributed by atoms with Gasteiger partial charge in [0.25, 0.3) is 0 Å². The summed E-state index contributed by atoms with van der Waals surface area (Å²) in [6, 6.07) is 13.6. The summed E-state index contributed by atoms with van der Waals surface area (Å²) in [7, 11) is 0. The quantitative estimate of drug-likeness (QED) is 0.589. The lowest BCUT2D eigenvalue weighted by Gasteiger charge is -2.40. The van der Waals surface area contributed by atoms with E-state index in [2.05, 4.69) is 5.10 Å². The first kappa shape index (κ1) is 20.3. The van der Waals surface area contributed by atoms with Gasteiger partial charge in [-0.25, -0.2) is 4.79 Å². The third-order valence-electron chi connectivity index (χ3n) is 6.12. The normalized spacial score (nSPS) is 17.8. The summed E-state index contributed by atoms with van der Waals surface area (Å²) in [5.41, 5.74) is 4.19. The lowest BCUT2D eigenvalue weighted by Crippen LogP contribution is -2.52. The van der Waals surface area contributed by atoms with Crippen LogP contribution in [-0.2, 0) is 4.79 Å². The molecule has 5 rings (SSSR count). The summed E-state index contributed by atoms with van der Waals surface area (Å²) >= 11 is 0. The Bertz CT molecular complexity index is 1200. The first-order valence-corrected chi connectivity index (χ1v) is 11.0. The van der Waals surface area contributed by atoms with Gasteiger partial charge in [0, 0.05) is 25.2 Å². The average molecular weight is 431 g/mol. The molecule has 0 N–H and O–H groups in total. The SMILES string of the molecule is CC(=O)N1c2ccc(-c3cnn(C4CC4)c3)cc2N(C(=O)Oc2ccccc2C)CC1C. The summed E-state index contributed by atoms with van der Waals surface area (Å²) in [4.78, 5) is 29.0. The molecule has 1 aliphatic heterocycles. The van der Waals surface area contributed by atoms with Gasteiger partial charge in [0.15, 0.2) is 0 Å². The maximum Gasteiger partial charge on any atom is 0.419 e. The molecule has 1 aromatic heterocycles. The molecule has 0 spiro atoms. The van der Waals surface area contributed by atoms with E-state index in [0.717, 1.165) is 29.5 Å². The highest BCUT2D eigenvalue weighted by atomic mass is 16.6. The maximum absolute atomic E-state index is 13.2. The lowest BCUT2D eigenvalue weighted by molar-refractivity contribution is -0.117. The van der Waals surface area contributed by atoms with Crippen molar-refractivity contribution >= 4 is 23.4 Å². The van der Waals surface area contributed by atoms with Crippen molar-refractivity contribution in [1.82, 2.24) is 9.78 Å². The highest BCUT2D eigenvalue weighted by Gasteiger charge is 2.35. The molecular formula is C25H26N4O3. The van der Waals surface area contributed by atoms with E-state index in [0.29, 0.717) is 29.7 Å². The van der Waals surface area contributed by atoms with E-state index in [1.54, 1.807) is 22.8 Å². The van der Waals surface area contributed by atoms with Gasteiger partial charge in [0.1, 0.15) is 5.75 Å². The van der Waals surface area contributed by atoms with Gasteiger partial charge in [0.05, 0.1) is 29.7 Å². The lowest BCUT2D eigenvalue weighted by atomic mass is 10.0. The van der Waals surface area contributed by atoms with Crippen molar-refractivity contribution in [2.45, 2.75) is 45.7 Å². The van der Waals surface area contributed by atoms with Crippen LogP contribution in [0.5, 0.6) is 5.75 Å². The van der Waals surface area contributed by atoms with E-state index < -0.39 is 6.09 Å². The Labute approximate surface area is 187 Å². The highest BCUT2D eigenvalue weighted by molar-refractivity contribution is 6.03. The van der Waals surface area contributed by atoms with Gasteiger partial charge in [-0.05, 0) is 56.0 Å². The fourth-order valence-electron chi connectivity index (χ4n) is 4.30. The van der Waals surface area contributed by atoms with Crippen LogP contribution in [0, 0.1) is 6.92 Å². The number of rotatable bonds is 3. The highest BCUT2D eigenvalue weighted by Crippen LogP contribution is 2.40. The molecule has 2 heterocycles. The average Bonchev–Trinajstić information content (AvgIpc) is 3.50. The number of amides is 2.